The third-order valence-corrected chi connectivity index (χ3v) is 5.09. The quantitative estimate of drug-likeness (QED) is 0.845. The molecule has 0 fully saturated rings. The molecular formula is C11H10ClFN4O2S. The van der Waals surface area contributed by atoms with Crippen molar-refractivity contribution < 1.29 is 12.8 Å². The van der Waals surface area contributed by atoms with Gasteiger partial charge in [0.05, 0.1) is 9.92 Å². The number of aromatic nitrogens is 3. The van der Waals surface area contributed by atoms with Crippen LogP contribution in [0.4, 0.5) is 10.3 Å². The van der Waals surface area contributed by atoms with Crippen LogP contribution in [0.1, 0.15) is 6.42 Å². The molecule has 0 spiro atoms. The highest BCUT2D eigenvalue weighted by molar-refractivity contribution is 7.92. The zero-order chi connectivity index (χ0) is 14.3. The molecule has 0 unspecified atom stereocenters. The molecule has 3 rings (SSSR count). The summed E-state index contributed by atoms with van der Waals surface area (Å²) >= 11 is 5.65. The van der Waals surface area contributed by atoms with Crippen molar-refractivity contribution in [2.24, 2.45) is 0 Å². The average Bonchev–Trinajstić information content (AvgIpc) is 2.89. The fourth-order valence-corrected chi connectivity index (χ4v) is 3.80. The molecule has 9 heteroatoms. The van der Waals surface area contributed by atoms with Gasteiger partial charge in [-0.2, -0.15) is 10.1 Å². The number of hydrogen-bond donors (Lipinski definition) is 0. The van der Waals surface area contributed by atoms with E-state index in [1.807, 2.05) is 0 Å². The van der Waals surface area contributed by atoms with Crippen molar-refractivity contribution in [3.63, 3.8) is 0 Å². The van der Waals surface area contributed by atoms with Crippen molar-refractivity contribution in [3.05, 3.63) is 35.4 Å². The van der Waals surface area contributed by atoms with E-state index in [1.54, 1.807) is 0 Å². The van der Waals surface area contributed by atoms with Crippen LogP contribution in [0.25, 0.3) is 0 Å². The summed E-state index contributed by atoms with van der Waals surface area (Å²) in [6.45, 7) is 0.918. The highest BCUT2D eigenvalue weighted by atomic mass is 35.5. The predicted molar refractivity (Wildman–Crippen MR) is 70.6 cm³/mol. The zero-order valence-corrected chi connectivity index (χ0v) is 11.8. The average molecular weight is 317 g/mol. The first-order chi connectivity index (χ1) is 9.50. The van der Waals surface area contributed by atoms with Gasteiger partial charge in [-0.15, -0.1) is 0 Å². The van der Waals surface area contributed by atoms with E-state index in [-0.39, 0.29) is 15.9 Å². The topological polar surface area (TPSA) is 68.1 Å². The molecule has 0 atom stereocenters. The SMILES string of the molecule is O=S(=O)(c1ccc(F)c(Cl)c1)N1CCCn2ncnc21. The summed E-state index contributed by atoms with van der Waals surface area (Å²) in [5, 5.41) is 3.73. The first-order valence-corrected chi connectivity index (χ1v) is 7.67. The van der Waals surface area contributed by atoms with Crippen molar-refractivity contribution >= 4 is 27.6 Å². The summed E-state index contributed by atoms with van der Waals surface area (Å²) in [4.78, 5) is 3.89. The van der Waals surface area contributed by atoms with Gasteiger partial charge in [0.15, 0.2) is 0 Å². The predicted octanol–water partition coefficient (Wildman–Crippen LogP) is 1.67. The Balaban J connectivity index is 2.07. The number of fused-ring (bicyclic) bond motifs is 1. The molecule has 0 aliphatic carbocycles. The van der Waals surface area contributed by atoms with Crippen LogP contribution in [0.3, 0.4) is 0 Å². The second-order valence-electron chi connectivity index (χ2n) is 4.29. The summed E-state index contributed by atoms with van der Waals surface area (Å²) in [6, 6.07) is 3.32. The van der Waals surface area contributed by atoms with Crippen LogP contribution >= 0.6 is 11.6 Å². The first kappa shape index (κ1) is 13.3. The number of rotatable bonds is 2. The molecule has 0 N–H and O–H groups in total. The third kappa shape index (κ3) is 2.04. The van der Waals surface area contributed by atoms with Crippen molar-refractivity contribution in [2.75, 3.05) is 10.8 Å². The minimum absolute atomic E-state index is 0.0691. The normalized spacial score (nSPS) is 15.2. The largest absolute Gasteiger partial charge is 0.266 e. The first-order valence-electron chi connectivity index (χ1n) is 5.86. The Kier molecular flexibility index (Phi) is 3.14. The lowest BCUT2D eigenvalue weighted by atomic mass is 10.3. The minimum atomic E-state index is -3.83. The summed E-state index contributed by atoms with van der Waals surface area (Å²) in [5.74, 6) is -0.399. The van der Waals surface area contributed by atoms with Gasteiger partial charge in [-0.3, -0.25) is 0 Å². The highest BCUT2D eigenvalue weighted by Crippen LogP contribution is 2.27. The highest BCUT2D eigenvalue weighted by Gasteiger charge is 2.31. The number of sulfonamides is 1. The van der Waals surface area contributed by atoms with E-state index in [2.05, 4.69) is 10.1 Å². The van der Waals surface area contributed by atoms with Gasteiger partial charge >= 0.3 is 0 Å². The molecule has 20 heavy (non-hydrogen) atoms. The Morgan fingerprint density at radius 2 is 2.10 bits per heavy atom. The van der Waals surface area contributed by atoms with Crippen molar-refractivity contribution in [1.82, 2.24) is 14.8 Å². The molecule has 1 aromatic carbocycles. The Bertz CT molecular complexity index is 762. The van der Waals surface area contributed by atoms with Crippen LogP contribution < -0.4 is 4.31 Å². The van der Waals surface area contributed by atoms with Crippen LogP contribution in [0, 0.1) is 5.82 Å². The van der Waals surface area contributed by atoms with Gasteiger partial charge in [0, 0.05) is 13.1 Å². The summed E-state index contributed by atoms with van der Waals surface area (Å²) in [7, 11) is -3.83. The van der Waals surface area contributed by atoms with E-state index in [4.69, 9.17) is 11.6 Å². The number of anilines is 1. The third-order valence-electron chi connectivity index (χ3n) is 3.03. The smallest absolute Gasteiger partial charge is 0.234 e. The summed E-state index contributed by atoms with van der Waals surface area (Å²) < 4.78 is 41.0. The molecular weight excluding hydrogens is 307 g/mol. The molecule has 1 aliphatic rings. The Hall–Kier alpha value is -1.67. The lowest BCUT2D eigenvalue weighted by Crippen LogP contribution is -2.38. The second-order valence-corrected chi connectivity index (χ2v) is 6.56. The zero-order valence-electron chi connectivity index (χ0n) is 10.2. The Morgan fingerprint density at radius 1 is 1.30 bits per heavy atom. The fourth-order valence-electron chi connectivity index (χ4n) is 2.07. The standard InChI is InChI=1S/C11H10ClFN4O2S/c12-9-6-8(2-3-10(9)13)20(18,19)17-5-1-4-16-11(17)14-7-15-16/h2-3,6-7H,1,4-5H2. The minimum Gasteiger partial charge on any atom is -0.234 e. The van der Waals surface area contributed by atoms with Gasteiger partial charge in [-0.05, 0) is 24.6 Å². The lowest BCUT2D eigenvalue weighted by Gasteiger charge is -2.27. The van der Waals surface area contributed by atoms with Gasteiger partial charge < -0.3 is 0 Å². The van der Waals surface area contributed by atoms with Gasteiger partial charge in [0.25, 0.3) is 10.0 Å². The number of hydrogen-bond acceptors (Lipinski definition) is 4. The van der Waals surface area contributed by atoms with Crippen molar-refractivity contribution in [3.8, 4) is 0 Å². The molecule has 1 aromatic heterocycles. The maximum atomic E-state index is 13.2. The second kappa shape index (κ2) is 4.71. The van der Waals surface area contributed by atoms with Crippen LogP contribution in [0.5, 0.6) is 0 Å². The van der Waals surface area contributed by atoms with Crippen molar-refractivity contribution in [2.45, 2.75) is 17.9 Å². The number of nitrogens with zero attached hydrogens (tertiary/aromatic N) is 4. The van der Waals surface area contributed by atoms with E-state index in [0.717, 1.165) is 16.4 Å². The lowest BCUT2D eigenvalue weighted by molar-refractivity contribution is 0.529. The van der Waals surface area contributed by atoms with Crippen LogP contribution in [0.15, 0.2) is 29.4 Å². The van der Waals surface area contributed by atoms with Crippen LogP contribution in [-0.4, -0.2) is 29.7 Å². The molecule has 106 valence electrons. The molecule has 0 amide bonds. The molecule has 6 nitrogen and oxygen atoms in total. The van der Waals surface area contributed by atoms with E-state index < -0.39 is 15.8 Å². The van der Waals surface area contributed by atoms with E-state index >= 15 is 0 Å². The number of benzene rings is 1. The summed E-state index contributed by atoms with van der Waals surface area (Å²) in [6.07, 6.45) is 1.94. The molecule has 2 heterocycles. The maximum Gasteiger partial charge on any atom is 0.266 e. The van der Waals surface area contributed by atoms with Gasteiger partial charge in [0.1, 0.15) is 12.1 Å². The van der Waals surface area contributed by atoms with Gasteiger partial charge in [-0.1, -0.05) is 11.6 Å². The maximum absolute atomic E-state index is 13.2. The Morgan fingerprint density at radius 3 is 2.85 bits per heavy atom. The molecule has 0 radical (unpaired) electrons. The molecule has 0 bridgehead atoms. The summed E-state index contributed by atoms with van der Waals surface area (Å²) in [5.41, 5.74) is 0. The molecule has 1 aliphatic heterocycles. The molecule has 0 saturated carbocycles. The van der Waals surface area contributed by atoms with Gasteiger partial charge in [0.2, 0.25) is 5.95 Å². The number of aryl methyl sites for hydroxylation is 1. The fraction of sp³-hybridized carbons (Fsp3) is 0.273. The van der Waals surface area contributed by atoms with E-state index in [9.17, 15) is 12.8 Å². The molecule has 2 aromatic rings. The number of halogens is 2. The van der Waals surface area contributed by atoms with Gasteiger partial charge in [-0.25, -0.2) is 21.8 Å². The van der Waals surface area contributed by atoms with Crippen LogP contribution in [0.2, 0.25) is 5.02 Å². The Labute approximate surface area is 119 Å². The monoisotopic (exact) mass is 316 g/mol. The van der Waals surface area contributed by atoms with Crippen LogP contribution in [-0.2, 0) is 16.6 Å². The van der Waals surface area contributed by atoms with Crippen molar-refractivity contribution in [1.29, 1.82) is 0 Å². The van der Waals surface area contributed by atoms with E-state index in [0.29, 0.717) is 19.5 Å². The molecule has 0 saturated heterocycles. The van der Waals surface area contributed by atoms with E-state index in [1.165, 1.54) is 17.1 Å².